The van der Waals surface area contributed by atoms with Gasteiger partial charge < -0.3 is 5.73 Å². The first kappa shape index (κ1) is 8.77. The van der Waals surface area contributed by atoms with Gasteiger partial charge in [-0.15, -0.1) is 0 Å². The monoisotopic (exact) mass is 166 g/mol. The van der Waals surface area contributed by atoms with Crippen molar-refractivity contribution in [2.24, 2.45) is 10.7 Å². The van der Waals surface area contributed by atoms with Crippen LogP contribution < -0.4 is 5.73 Å². The Morgan fingerprint density at radius 1 is 1.67 bits per heavy atom. The fraction of sp³-hybridized carbons (Fsp3) is 0.500. The van der Waals surface area contributed by atoms with Crippen molar-refractivity contribution in [2.75, 3.05) is 6.54 Å². The number of aromatic nitrogens is 2. The Morgan fingerprint density at radius 3 is 3.08 bits per heavy atom. The first-order chi connectivity index (χ1) is 5.83. The molecule has 1 aromatic rings. The van der Waals surface area contributed by atoms with E-state index in [1.807, 2.05) is 23.9 Å². The van der Waals surface area contributed by atoms with Gasteiger partial charge in [-0.3, -0.25) is 9.67 Å². The molecule has 0 saturated carbocycles. The summed E-state index contributed by atoms with van der Waals surface area (Å²) < 4.78 is 1.84. The number of nitrogens with zero attached hydrogens (tertiary/aromatic N) is 3. The van der Waals surface area contributed by atoms with Gasteiger partial charge >= 0.3 is 0 Å². The Hall–Kier alpha value is -1.32. The lowest BCUT2D eigenvalue weighted by Crippen LogP contribution is -2.12. The molecule has 0 atom stereocenters. The molecule has 0 unspecified atom stereocenters. The predicted octanol–water partition coefficient (Wildman–Crippen LogP) is 0.650. The number of hydrogen-bond acceptors (Lipinski definition) is 2. The second-order valence-corrected chi connectivity index (χ2v) is 2.50. The van der Waals surface area contributed by atoms with Crippen molar-refractivity contribution in [3.63, 3.8) is 0 Å². The molecule has 1 heterocycles. The molecule has 0 aromatic carbocycles. The summed E-state index contributed by atoms with van der Waals surface area (Å²) in [7, 11) is 0. The van der Waals surface area contributed by atoms with Gasteiger partial charge in [-0.25, -0.2) is 0 Å². The molecule has 1 aromatic heterocycles. The molecule has 12 heavy (non-hydrogen) atoms. The van der Waals surface area contributed by atoms with Gasteiger partial charge in [0, 0.05) is 18.8 Å². The van der Waals surface area contributed by atoms with Crippen LogP contribution in [-0.2, 0) is 6.54 Å². The van der Waals surface area contributed by atoms with Crippen molar-refractivity contribution in [3.8, 4) is 0 Å². The van der Waals surface area contributed by atoms with E-state index < -0.39 is 0 Å². The van der Waals surface area contributed by atoms with Crippen LogP contribution in [0.5, 0.6) is 0 Å². The fourth-order valence-electron chi connectivity index (χ4n) is 0.841. The zero-order valence-electron chi connectivity index (χ0n) is 7.27. The Kier molecular flexibility index (Phi) is 3.32. The van der Waals surface area contributed by atoms with Crippen LogP contribution in [-0.4, -0.2) is 22.2 Å². The molecule has 4 heteroatoms. The predicted molar refractivity (Wildman–Crippen MR) is 49.0 cm³/mol. The third-order valence-electron chi connectivity index (χ3n) is 1.57. The molecule has 0 saturated heterocycles. The van der Waals surface area contributed by atoms with Crippen molar-refractivity contribution in [3.05, 3.63) is 18.5 Å². The minimum atomic E-state index is 0.710. The SMILES string of the molecule is CCC(N)=NCCn1cccn1. The van der Waals surface area contributed by atoms with Crippen molar-refractivity contribution in [2.45, 2.75) is 19.9 Å². The highest BCUT2D eigenvalue weighted by Crippen LogP contribution is 1.85. The maximum Gasteiger partial charge on any atom is 0.0935 e. The average Bonchev–Trinajstić information content (AvgIpc) is 2.57. The van der Waals surface area contributed by atoms with Gasteiger partial charge in [0.25, 0.3) is 0 Å². The van der Waals surface area contributed by atoms with E-state index in [0.29, 0.717) is 12.4 Å². The van der Waals surface area contributed by atoms with E-state index in [0.717, 1.165) is 13.0 Å². The van der Waals surface area contributed by atoms with E-state index in [1.54, 1.807) is 6.20 Å². The maximum atomic E-state index is 5.53. The Bertz CT molecular complexity index is 238. The summed E-state index contributed by atoms with van der Waals surface area (Å²) >= 11 is 0. The van der Waals surface area contributed by atoms with E-state index in [1.165, 1.54) is 0 Å². The molecule has 0 amide bonds. The molecule has 0 fully saturated rings. The second kappa shape index (κ2) is 4.54. The maximum absolute atomic E-state index is 5.53. The molecule has 1 rings (SSSR count). The summed E-state index contributed by atoms with van der Waals surface area (Å²) in [6, 6.07) is 1.90. The lowest BCUT2D eigenvalue weighted by molar-refractivity contribution is 0.625. The number of aliphatic imine (C=N–C) groups is 1. The van der Waals surface area contributed by atoms with Gasteiger partial charge in [0.2, 0.25) is 0 Å². The van der Waals surface area contributed by atoms with Gasteiger partial charge in [-0.2, -0.15) is 5.10 Å². The first-order valence-corrected chi connectivity index (χ1v) is 4.09. The van der Waals surface area contributed by atoms with E-state index in [-0.39, 0.29) is 0 Å². The van der Waals surface area contributed by atoms with E-state index >= 15 is 0 Å². The lowest BCUT2D eigenvalue weighted by atomic mass is 10.4. The normalized spacial score (nSPS) is 11.9. The highest BCUT2D eigenvalue weighted by Gasteiger charge is 1.89. The minimum Gasteiger partial charge on any atom is -0.387 e. The Labute approximate surface area is 72.1 Å². The number of amidine groups is 1. The molecule has 0 aliphatic rings. The van der Waals surface area contributed by atoms with Gasteiger partial charge in [-0.05, 0) is 6.07 Å². The third kappa shape index (κ3) is 2.74. The zero-order valence-corrected chi connectivity index (χ0v) is 7.27. The van der Waals surface area contributed by atoms with Crippen LogP contribution in [0.15, 0.2) is 23.5 Å². The molecule has 66 valence electrons. The highest BCUT2D eigenvalue weighted by atomic mass is 15.3. The molecule has 4 nitrogen and oxygen atoms in total. The van der Waals surface area contributed by atoms with E-state index in [4.69, 9.17) is 5.73 Å². The van der Waals surface area contributed by atoms with Crippen molar-refractivity contribution < 1.29 is 0 Å². The minimum absolute atomic E-state index is 0.710. The molecular formula is C8H14N4. The van der Waals surface area contributed by atoms with Crippen LogP contribution in [0.4, 0.5) is 0 Å². The lowest BCUT2D eigenvalue weighted by Gasteiger charge is -1.98. The van der Waals surface area contributed by atoms with Crippen LogP contribution in [0.1, 0.15) is 13.3 Å². The third-order valence-corrected chi connectivity index (χ3v) is 1.57. The van der Waals surface area contributed by atoms with Crippen LogP contribution >= 0.6 is 0 Å². The van der Waals surface area contributed by atoms with Gasteiger partial charge in [0.15, 0.2) is 0 Å². The summed E-state index contributed by atoms with van der Waals surface area (Å²) in [4.78, 5) is 4.15. The van der Waals surface area contributed by atoms with Crippen LogP contribution in [0.25, 0.3) is 0 Å². The topological polar surface area (TPSA) is 56.2 Å². The number of rotatable bonds is 4. The second-order valence-electron chi connectivity index (χ2n) is 2.50. The van der Waals surface area contributed by atoms with Crippen molar-refractivity contribution in [1.82, 2.24) is 9.78 Å². The smallest absolute Gasteiger partial charge is 0.0935 e. The summed E-state index contributed by atoms with van der Waals surface area (Å²) in [5.74, 6) is 0.710. The molecule has 0 aliphatic heterocycles. The molecule has 0 radical (unpaired) electrons. The van der Waals surface area contributed by atoms with Gasteiger partial charge in [0.1, 0.15) is 0 Å². The van der Waals surface area contributed by atoms with Crippen LogP contribution in [0.3, 0.4) is 0 Å². The average molecular weight is 166 g/mol. The largest absolute Gasteiger partial charge is 0.387 e. The summed E-state index contributed by atoms with van der Waals surface area (Å²) in [6.45, 7) is 3.50. The van der Waals surface area contributed by atoms with Gasteiger partial charge in [-0.1, -0.05) is 6.92 Å². The molecule has 0 bridgehead atoms. The van der Waals surface area contributed by atoms with Crippen molar-refractivity contribution in [1.29, 1.82) is 0 Å². The number of hydrogen-bond donors (Lipinski definition) is 1. The van der Waals surface area contributed by atoms with Crippen LogP contribution in [0, 0.1) is 0 Å². The first-order valence-electron chi connectivity index (χ1n) is 4.09. The fourth-order valence-corrected chi connectivity index (χ4v) is 0.841. The highest BCUT2D eigenvalue weighted by molar-refractivity contribution is 5.79. The van der Waals surface area contributed by atoms with Gasteiger partial charge in [0.05, 0.1) is 18.9 Å². The summed E-state index contributed by atoms with van der Waals surface area (Å²) in [5, 5.41) is 4.05. The summed E-state index contributed by atoms with van der Waals surface area (Å²) in [5.41, 5.74) is 5.53. The molecule has 0 aliphatic carbocycles. The Morgan fingerprint density at radius 2 is 2.50 bits per heavy atom. The molecule has 0 spiro atoms. The van der Waals surface area contributed by atoms with E-state index in [2.05, 4.69) is 10.1 Å². The van der Waals surface area contributed by atoms with E-state index in [9.17, 15) is 0 Å². The van der Waals surface area contributed by atoms with Crippen molar-refractivity contribution >= 4 is 5.84 Å². The quantitative estimate of drug-likeness (QED) is 0.527. The number of nitrogens with two attached hydrogens (primary N) is 1. The Balaban J connectivity index is 2.28. The molecule has 2 N–H and O–H groups in total. The molecular weight excluding hydrogens is 152 g/mol. The standard InChI is InChI=1S/C8H14N4/c1-2-8(9)10-5-7-12-6-3-4-11-12/h3-4,6H,2,5,7H2,1H3,(H2,9,10). The summed E-state index contributed by atoms with van der Waals surface area (Å²) in [6.07, 6.45) is 4.49. The zero-order chi connectivity index (χ0) is 8.81. The van der Waals surface area contributed by atoms with Crippen LogP contribution in [0.2, 0.25) is 0 Å².